The number of ether oxygens (including phenoxy) is 5. The SMILES string of the molecule is C=CC(=O)OCCCCCCOc1ccc(OC(=O)C2CCC(C(=O)OC3=CC(CCN(CCc4ccccc4)C4=NC5C=CC=CC5S4)=C(OC=O)CC3)CC2)cc1. The predicted octanol–water partition coefficient (Wildman–Crippen LogP) is 8.62. The standard InChI is InChI=1S/C47H54N2O9S/c1-2-44(51)55-31-11-4-3-10-30-54-38-20-22-39(23-21-38)57-45(52)35-16-18-36(19-17-35)46(53)58-40-24-25-42(56-33-50)37(32-40)27-29-49(28-26-34-12-6-5-7-13-34)47-48-41-14-8-9-15-43(41)59-47/h2,5-9,12-15,20-23,32-33,35-36,41,43H,1,3-4,10-11,16-19,24-31H2. The normalized spacial score (nSPS) is 20.7. The van der Waals surface area contributed by atoms with Crippen LogP contribution in [0.25, 0.3) is 0 Å². The predicted molar refractivity (Wildman–Crippen MR) is 227 cm³/mol. The Morgan fingerprint density at radius 3 is 2.19 bits per heavy atom. The minimum atomic E-state index is -0.399. The number of thioether (sulfide) groups is 1. The third-order valence-corrected chi connectivity index (χ3v) is 12.1. The summed E-state index contributed by atoms with van der Waals surface area (Å²) in [5.74, 6) is 0.687. The first-order valence-corrected chi connectivity index (χ1v) is 21.6. The van der Waals surface area contributed by atoms with E-state index in [0.29, 0.717) is 94.2 Å². The molecule has 0 spiro atoms. The topological polar surface area (TPSA) is 130 Å². The van der Waals surface area contributed by atoms with Gasteiger partial charge in [0, 0.05) is 32.0 Å². The molecule has 59 heavy (non-hydrogen) atoms. The van der Waals surface area contributed by atoms with Gasteiger partial charge >= 0.3 is 17.9 Å². The van der Waals surface area contributed by atoms with Crippen molar-refractivity contribution in [3.63, 3.8) is 0 Å². The van der Waals surface area contributed by atoms with Crippen LogP contribution in [-0.2, 0) is 39.8 Å². The number of esters is 3. The Labute approximate surface area is 351 Å². The van der Waals surface area contributed by atoms with Gasteiger partial charge in [0.05, 0.1) is 36.3 Å². The number of aliphatic imine (C=N–C) groups is 1. The van der Waals surface area contributed by atoms with Crippen molar-refractivity contribution in [2.45, 2.75) is 88.3 Å². The van der Waals surface area contributed by atoms with E-state index in [1.807, 2.05) is 18.2 Å². The molecule has 0 aromatic heterocycles. The van der Waals surface area contributed by atoms with Gasteiger partial charge in [-0.25, -0.2) is 4.79 Å². The minimum absolute atomic E-state index is 0.120. The first-order chi connectivity index (χ1) is 28.9. The van der Waals surface area contributed by atoms with Crippen LogP contribution in [0.3, 0.4) is 0 Å². The fourth-order valence-electron chi connectivity index (χ4n) is 7.49. The number of fused-ring (bicyclic) bond motifs is 1. The van der Waals surface area contributed by atoms with Gasteiger partial charge in [0.1, 0.15) is 23.0 Å². The van der Waals surface area contributed by atoms with E-state index in [2.05, 4.69) is 54.0 Å². The number of nitrogens with zero attached hydrogens (tertiary/aromatic N) is 2. The van der Waals surface area contributed by atoms with Gasteiger partial charge in [-0.15, -0.1) is 0 Å². The van der Waals surface area contributed by atoms with Crippen molar-refractivity contribution >= 4 is 41.3 Å². The number of rotatable bonds is 21. The monoisotopic (exact) mass is 822 g/mol. The average Bonchev–Trinajstić information content (AvgIpc) is 3.70. The molecule has 0 N–H and O–H groups in total. The van der Waals surface area contributed by atoms with Gasteiger partial charge in [-0.1, -0.05) is 73.0 Å². The summed E-state index contributed by atoms with van der Waals surface area (Å²) in [5.41, 5.74) is 2.08. The quantitative estimate of drug-likeness (QED) is 0.0300. The van der Waals surface area contributed by atoms with Crippen LogP contribution in [0, 0.1) is 11.8 Å². The zero-order valence-corrected chi connectivity index (χ0v) is 34.4. The molecule has 0 radical (unpaired) electrons. The summed E-state index contributed by atoms with van der Waals surface area (Å²) in [6, 6.07) is 17.5. The highest BCUT2D eigenvalue weighted by Gasteiger charge is 2.34. The molecule has 4 aliphatic rings. The Kier molecular flexibility index (Phi) is 16.6. The smallest absolute Gasteiger partial charge is 0.330 e. The second kappa shape index (κ2) is 22.7. The number of carbonyl (C=O) groups excluding carboxylic acids is 4. The molecule has 1 heterocycles. The van der Waals surface area contributed by atoms with Crippen LogP contribution in [0.1, 0.15) is 76.2 Å². The van der Waals surface area contributed by atoms with Crippen LogP contribution in [-0.4, -0.2) is 72.0 Å². The van der Waals surface area contributed by atoms with E-state index >= 15 is 0 Å². The third kappa shape index (κ3) is 13.3. The van der Waals surface area contributed by atoms with E-state index in [1.165, 1.54) is 5.56 Å². The highest BCUT2D eigenvalue weighted by Crippen LogP contribution is 2.35. The van der Waals surface area contributed by atoms with E-state index in [1.54, 1.807) is 36.0 Å². The van der Waals surface area contributed by atoms with Crippen molar-refractivity contribution in [3.8, 4) is 11.5 Å². The molecule has 2 unspecified atom stereocenters. The lowest BCUT2D eigenvalue weighted by Gasteiger charge is -2.27. The molecule has 0 amide bonds. The first kappa shape index (κ1) is 43.2. The van der Waals surface area contributed by atoms with Crippen LogP contribution in [0.2, 0.25) is 0 Å². The molecule has 0 saturated heterocycles. The van der Waals surface area contributed by atoms with Crippen LogP contribution in [0.5, 0.6) is 11.5 Å². The average molecular weight is 823 g/mol. The van der Waals surface area contributed by atoms with Gasteiger partial charge in [0.15, 0.2) is 5.17 Å². The highest BCUT2D eigenvalue weighted by atomic mass is 32.2. The lowest BCUT2D eigenvalue weighted by atomic mass is 9.82. The van der Waals surface area contributed by atoms with Crippen LogP contribution >= 0.6 is 11.8 Å². The molecule has 1 aliphatic heterocycles. The fraction of sp³-hybridized carbons (Fsp3) is 0.426. The summed E-state index contributed by atoms with van der Waals surface area (Å²) in [5, 5.41) is 1.28. The second-order valence-electron chi connectivity index (χ2n) is 15.0. The highest BCUT2D eigenvalue weighted by molar-refractivity contribution is 8.14. The second-order valence-corrected chi connectivity index (χ2v) is 16.1. The maximum atomic E-state index is 13.4. The molecule has 0 bridgehead atoms. The summed E-state index contributed by atoms with van der Waals surface area (Å²) in [6.45, 7) is 6.23. The first-order valence-electron chi connectivity index (χ1n) is 20.7. The molecular formula is C47H54N2O9S. The van der Waals surface area contributed by atoms with Crippen LogP contribution in [0.15, 0.2) is 120 Å². The van der Waals surface area contributed by atoms with E-state index in [9.17, 15) is 19.2 Å². The van der Waals surface area contributed by atoms with Gasteiger partial charge < -0.3 is 28.6 Å². The molecule has 11 nitrogen and oxygen atoms in total. The van der Waals surface area contributed by atoms with Gasteiger partial charge in [-0.2, -0.15) is 0 Å². The Balaban J connectivity index is 0.946. The summed E-state index contributed by atoms with van der Waals surface area (Å²) < 4.78 is 27.9. The molecule has 3 aliphatic carbocycles. The summed E-state index contributed by atoms with van der Waals surface area (Å²) in [6.07, 6.45) is 19.5. The van der Waals surface area contributed by atoms with E-state index < -0.39 is 5.97 Å². The van der Waals surface area contributed by atoms with Crippen molar-refractivity contribution in [2.75, 3.05) is 26.3 Å². The Bertz CT molecular complexity index is 1910. The van der Waals surface area contributed by atoms with Gasteiger partial charge in [-0.05, 0) is 106 Å². The molecule has 1 fully saturated rings. The number of hydrogen-bond acceptors (Lipinski definition) is 12. The zero-order valence-electron chi connectivity index (χ0n) is 33.5. The summed E-state index contributed by atoms with van der Waals surface area (Å²) in [7, 11) is 0. The van der Waals surface area contributed by atoms with E-state index in [0.717, 1.165) is 55.5 Å². The van der Waals surface area contributed by atoms with Crippen molar-refractivity contribution in [1.29, 1.82) is 0 Å². The number of amidine groups is 1. The van der Waals surface area contributed by atoms with Gasteiger partial charge in [0.2, 0.25) is 0 Å². The lowest BCUT2D eigenvalue weighted by Crippen LogP contribution is -2.32. The maximum Gasteiger partial charge on any atom is 0.330 e. The zero-order chi connectivity index (χ0) is 41.2. The lowest BCUT2D eigenvalue weighted by molar-refractivity contribution is -0.148. The van der Waals surface area contributed by atoms with Crippen LogP contribution in [0.4, 0.5) is 0 Å². The third-order valence-electron chi connectivity index (χ3n) is 10.9. The van der Waals surface area contributed by atoms with E-state index in [-0.39, 0.29) is 35.1 Å². The van der Waals surface area contributed by atoms with Crippen molar-refractivity contribution in [1.82, 2.24) is 4.90 Å². The number of benzene rings is 2. The summed E-state index contributed by atoms with van der Waals surface area (Å²) in [4.78, 5) is 56.3. The maximum absolute atomic E-state index is 13.4. The molecule has 312 valence electrons. The van der Waals surface area contributed by atoms with Crippen LogP contribution < -0.4 is 9.47 Å². The number of allylic oxidation sites excluding steroid dienone is 5. The van der Waals surface area contributed by atoms with E-state index in [4.69, 9.17) is 28.7 Å². The Morgan fingerprint density at radius 2 is 1.47 bits per heavy atom. The molecule has 1 saturated carbocycles. The van der Waals surface area contributed by atoms with Crippen molar-refractivity contribution < 1.29 is 42.9 Å². The molecule has 2 aromatic carbocycles. The molecular weight excluding hydrogens is 769 g/mol. The number of hydrogen-bond donors (Lipinski definition) is 0. The number of carbonyl (C=O) groups is 4. The molecule has 2 aromatic rings. The largest absolute Gasteiger partial charge is 0.494 e. The molecule has 6 rings (SSSR count). The molecule has 2 atom stereocenters. The minimum Gasteiger partial charge on any atom is -0.494 e. The Morgan fingerprint density at radius 1 is 0.797 bits per heavy atom. The molecule has 12 heteroatoms. The van der Waals surface area contributed by atoms with Gasteiger partial charge in [-0.3, -0.25) is 19.4 Å². The fourth-order valence-corrected chi connectivity index (χ4v) is 8.71. The summed E-state index contributed by atoms with van der Waals surface area (Å²) >= 11 is 1.77. The van der Waals surface area contributed by atoms with Crippen molar-refractivity contribution in [3.05, 3.63) is 120 Å². The van der Waals surface area contributed by atoms with Crippen molar-refractivity contribution in [2.24, 2.45) is 16.8 Å². The Hall–Kier alpha value is -5.36. The van der Waals surface area contributed by atoms with Gasteiger partial charge in [0.25, 0.3) is 6.47 Å². The number of unbranched alkanes of at least 4 members (excludes halogenated alkanes) is 3.